The Balaban J connectivity index is 1.41. The van der Waals surface area contributed by atoms with E-state index in [1.807, 2.05) is 0 Å². The SMILES string of the molecule is N=C(N)c1ccc(N2CC(COc3cccc(C(=O)N(CC(=O)O)c4ccccc4)c3)OC2=O)cc1. The summed E-state index contributed by atoms with van der Waals surface area (Å²) >= 11 is 0. The second-order valence-corrected chi connectivity index (χ2v) is 8.04. The molecule has 10 nitrogen and oxygen atoms in total. The number of cyclic esters (lactones) is 1. The fraction of sp³-hybridized carbons (Fsp3) is 0.154. The van der Waals surface area contributed by atoms with E-state index in [1.54, 1.807) is 72.8 Å². The van der Waals surface area contributed by atoms with Crippen molar-refractivity contribution in [2.45, 2.75) is 6.10 Å². The number of nitrogens with one attached hydrogen (secondary N) is 1. The van der Waals surface area contributed by atoms with Crippen molar-refractivity contribution in [2.24, 2.45) is 5.73 Å². The number of ether oxygens (including phenoxy) is 2. The first-order valence-electron chi connectivity index (χ1n) is 11.1. The van der Waals surface area contributed by atoms with Crippen molar-refractivity contribution in [1.82, 2.24) is 0 Å². The molecule has 0 saturated carbocycles. The van der Waals surface area contributed by atoms with Gasteiger partial charge in [-0.25, -0.2) is 4.79 Å². The number of nitrogens with two attached hydrogens (primary N) is 1. The maximum absolute atomic E-state index is 13.1. The molecule has 1 saturated heterocycles. The number of amides is 2. The van der Waals surface area contributed by atoms with E-state index in [2.05, 4.69) is 0 Å². The van der Waals surface area contributed by atoms with Gasteiger partial charge in [0, 0.05) is 22.5 Å². The number of carboxylic acids is 1. The van der Waals surface area contributed by atoms with Crippen LogP contribution in [-0.2, 0) is 9.53 Å². The molecule has 36 heavy (non-hydrogen) atoms. The molecule has 0 radical (unpaired) electrons. The average molecular weight is 489 g/mol. The Bertz CT molecular complexity index is 1280. The summed E-state index contributed by atoms with van der Waals surface area (Å²) in [5, 5.41) is 16.8. The molecule has 1 atom stereocenters. The minimum atomic E-state index is -1.14. The van der Waals surface area contributed by atoms with Crippen molar-refractivity contribution in [3.63, 3.8) is 0 Å². The first kappa shape index (κ1) is 24.3. The molecule has 1 fully saturated rings. The first-order valence-corrected chi connectivity index (χ1v) is 11.1. The average Bonchev–Trinajstić information content (AvgIpc) is 3.26. The highest BCUT2D eigenvalue weighted by molar-refractivity contribution is 6.08. The molecule has 0 bridgehead atoms. The van der Waals surface area contributed by atoms with Gasteiger partial charge >= 0.3 is 12.1 Å². The van der Waals surface area contributed by atoms with Gasteiger partial charge in [0.1, 0.15) is 24.7 Å². The molecule has 4 rings (SSSR count). The van der Waals surface area contributed by atoms with Crippen LogP contribution in [0.4, 0.5) is 16.2 Å². The number of nitrogens with zero attached hydrogens (tertiary/aromatic N) is 2. The Kier molecular flexibility index (Phi) is 7.15. The molecule has 0 aromatic heterocycles. The summed E-state index contributed by atoms with van der Waals surface area (Å²) in [6.45, 7) is -0.171. The highest BCUT2D eigenvalue weighted by Gasteiger charge is 2.33. The minimum absolute atomic E-state index is 0.0585. The van der Waals surface area contributed by atoms with E-state index in [4.69, 9.17) is 20.6 Å². The predicted octanol–water partition coefficient (Wildman–Crippen LogP) is 3.11. The Morgan fingerprint density at radius 2 is 1.78 bits per heavy atom. The largest absolute Gasteiger partial charge is 0.490 e. The topological polar surface area (TPSA) is 146 Å². The number of aliphatic carboxylic acids is 1. The summed E-state index contributed by atoms with van der Waals surface area (Å²) in [4.78, 5) is 39.4. The standard InChI is InChI=1S/C26H24N4O6/c27-24(28)17-9-11-20(12-10-17)30-14-22(36-26(30)34)16-35-21-8-4-5-18(13-21)25(33)29(15-23(31)32)19-6-2-1-3-7-19/h1-13,22H,14-16H2,(H3,27,28)(H,31,32). The van der Waals surface area contributed by atoms with Crippen LogP contribution in [0.2, 0.25) is 0 Å². The van der Waals surface area contributed by atoms with Crippen molar-refractivity contribution in [1.29, 1.82) is 5.41 Å². The smallest absolute Gasteiger partial charge is 0.414 e. The monoisotopic (exact) mass is 488 g/mol. The number of amidine groups is 1. The molecule has 0 aliphatic carbocycles. The van der Waals surface area contributed by atoms with Crippen molar-refractivity contribution < 1.29 is 29.0 Å². The number of carboxylic acid groups (broad SMARTS) is 1. The molecule has 2 amide bonds. The second kappa shape index (κ2) is 10.6. The van der Waals surface area contributed by atoms with E-state index >= 15 is 0 Å². The molecular formula is C26H24N4O6. The third-order valence-electron chi connectivity index (χ3n) is 5.49. The predicted molar refractivity (Wildman–Crippen MR) is 133 cm³/mol. The lowest BCUT2D eigenvalue weighted by atomic mass is 10.1. The lowest BCUT2D eigenvalue weighted by Gasteiger charge is -2.21. The van der Waals surface area contributed by atoms with Crippen LogP contribution in [-0.4, -0.2) is 54.7 Å². The number of nitrogen functional groups attached to an aromatic ring is 1. The van der Waals surface area contributed by atoms with Gasteiger partial charge in [-0.2, -0.15) is 0 Å². The first-order chi connectivity index (χ1) is 17.3. The maximum Gasteiger partial charge on any atom is 0.414 e. The summed E-state index contributed by atoms with van der Waals surface area (Å²) < 4.78 is 11.2. The van der Waals surface area contributed by atoms with Crippen molar-refractivity contribution in [3.05, 3.63) is 90.0 Å². The Hall–Kier alpha value is -4.86. The van der Waals surface area contributed by atoms with Gasteiger partial charge < -0.3 is 20.3 Å². The molecule has 1 unspecified atom stereocenters. The second-order valence-electron chi connectivity index (χ2n) is 8.04. The molecular weight excluding hydrogens is 464 g/mol. The van der Waals surface area contributed by atoms with Gasteiger partial charge in [0.15, 0.2) is 6.10 Å². The van der Waals surface area contributed by atoms with E-state index < -0.39 is 30.6 Å². The number of carbonyl (C=O) groups is 3. The lowest BCUT2D eigenvalue weighted by molar-refractivity contribution is -0.135. The fourth-order valence-corrected chi connectivity index (χ4v) is 3.73. The molecule has 184 valence electrons. The maximum atomic E-state index is 13.1. The van der Waals surface area contributed by atoms with Crippen LogP contribution in [0.3, 0.4) is 0 Å². The lowest BCUT2D eigenvalue weighted by Crippen LogP contribution is -2.35. The molecule has 1 aliphatic rings. The summed E-state index contributed by atoms with van der Waals surface area (Å²) in [6, 6.07) is 21.6. The molecule has 4 N–H and O–H groups in total. The van der Waals surface area contributed by atoms with Gasteiger partial charge in [-0.3, -0.25) is 24.8 Å². The highest BCUT2D eigenvalue weighted by atomic mass is 16.6. The summed E-state index contributed by atoms with van der Waals surface area (Å²) in [6.07, 6.45) is -1.06. The van der Waals surface area contributed by atoms with Gasteiger partial charge in [-0.05, 0) is 54.6 Å². The van der Waals surface area contributed by atoms with Gasteiger partial charge in [0.25, 0.3) is 5.91 Å². The fourth-order valence-electron chi connectivity index (χ4n) is 3.73. The van der Waals surface area contributed by atoms with Gasteiger partial charge in [0.2, 0.25) is 0 Å². The van der Waals surface area contributed by atoms with Crippen LogP contribution in [0, 0.1) is 5.41 Å². The van der Waals surface area contributed by atoms with Gasteiger partial charge in [-0.1, -0.05) is 24.3 Å². The van der Waals surface area contributed by atoms with E-state index in [0.29, 0.717) is 22.7 Å². The van der Waals surface area contributed by atoms with Crippen LogP contribution in [0.25, 0.3) is 0 Å². The van der Waals surface area contributed by atoms with Crippen LogP contribution in [0.1, 0.15) is 15.9 Å². The van der Waals surface area contributed by atoms with Crippen LogP contribution < -0.4 is 20.3 Å². The Labute approximate surface area is 207 Å². The van der Waals surface area contributed by atoms with Crippen molar-refractivity contribution in [3.8, 4) is 5.75 Å². The molecule has 0 spiro atoms. The number of rotatable bonds is 9. The quantitative estimate of drug-likeness (QED) is 0.310. The number of para-hydroxylation sites is 1. The van der Waals surface area contributed by atoms with E-state index in [0.717, 1.165) is 0 Å². The zero-order valence-corrected chi connectivity index (χ0v) is 19.2. The van der Waals surface area contributed by atoms with E-state index in [1.165, 1.54) is 15.9 Å². The number of anilines is 2. The minimum Gasteiger partial charge on any atom is -0.490 e. The summed E-state index contributed by atoms with van der Waals surface area (Å²) in [5.41, 5.74) is 7.35. The van der Waals surface area contributed by atoms with E-state index in [9.17, 15) is 19.5 Å². The van der Waals surface area contributed by atoms with Gasteiger partial charge in [0.05, 0.1) is 6.54 Å². The van der Waals surface area contributed by atoms with E-state index in [-0.39, 0.29) is 24.6 Å². The third kappa shape index (κ3) is 5.61. The number of hydrogen-bond donors (Lipinski definition) is 3. The van der Waals surface area contributed by atoms with Crippen molar-refractivity contribution >= 4 is 35.2 Å². The highest BCUT2D eigenvalue weighted by Crippen LogP contribution is 2.24. The normalized spacial score (nSPS) is 14.7. The number of carbonyl (C=O) groups excluding carboxylic acids is 2. The molecule has 10 heteroatoms. The zero-order chi connectivity index (χ0) is 25.7. The summed E-state index contributed by atoms with van der Waals surface area (Å²) in [7, 11) is 0. The molecule has 3 aromatic rings. The van der Waals surface area contributed by atoms with Crippen LogP contribution in [0.5, 0.6) is 5.75 Å². The molecule has 3 aromatic carbocycles. The van der Waals surface area contributed by atoms with Gasteiger partial charge in [-0.15, -0.1) is 0 Å². The molecule has 1 heterocycles. The third-order valence-corrected chi connectivity index (χ3v) is 5.49. The number of hydrogen-bond acceptors (Lipinski definition) is 6. The number of benzene rings is 3. The Morgan fingerprint density at radius 3 is 2.44 bits per heavy atom. The Morgan fingerprint density at radius 1 is 1.06 bits per heavy atom. The van der Waals surface area contributed by atoms with Crippen LogP contribution in [0.15, 0.2) is 78.9 Å². The molecule has 1 aliphatic heterocycles. The summed E-state index contributed by atoms with van der Waals surface area (Å²) in [5.74, 6) is -1.30. The zero-order valence-electron chi connectivity index (χ0n) is 19.2. The van der Waals surface area contributed by atoms with Crippen LogP contribution >= 0.6 is 0 Å². The van der Waals surface area contributed by atoms with Crippen molar-refractivity contribution in [2.75, 3.05) is 29.5 Å².